The lowest BCUT2D eigenvalue weighted by Gasteiger charge is -2.26. The fourth-order valence-electron chi connectivity index (χ4n) is 3.08. The van der Waals surface area contributed by atoms with Gasteiger partial charge in [-0.05, 0) is 67.9 Å². The van der Waals surface area contributed by atoms with Crippen LogP contribution in [0.25, 0.3) is 0 Å². The second-order valence-electron chi connectivity index (χ2n) is 7.15. The van der Waals surface area contributed by atoms with Crippen molar-refractivity contribution in [3.8, 4) is 5.75 Å². The Morgan fingerprint density at radius 2 is 1.59 bits per heavy atom. The highest BCUT2D eigenvalue weighted by molar-refractivity contribution is 7.92. The Morgan fingerprint density at radius 1 is 0.969 bits per heavy atom. The van der Waals surface area contributed by atoms with Crippen molar-refractivity contribution in [3.63, 3.8) is 0 Å². The van der Waals surface area contributed by atoms with Crippen LogP contribution in [0.1, 0.15) is 11.1 Å². The minimum Gasteiger partial charge on any atom is -0.495 e. The fraction of sp³-hybridized carbons (Fsp3) is 0.174. The molecular weight excluding hydrogens is 471 g/mol. The molecule has 0 aromatic heterocycles. The number of carbonyl (C=O) groups excluding carboxylic acids is 1. The Bertz CT molecular complexity index is 1250. The summed E-state index contributed by atoms with van der Waals surface area (Å²) in [5, 5.41) is 3.58. The van der Waals surface area contributed by atoms with Crippen LogP contribution in [0.3, 0.4) is 0 Å². The van der Waals surface area contributed by atoms with E-state index < -0.39 is 22.5 Å². The van der Waals surface area contributed by atoms with Gasteiger partial charge in [-0.15, -0.1) is 0 Å². The number of nitrogens with zero attached hydrogens (tertiary/aromatic N) is 1. The number of halogens is 2. The maximum absolute atomic E-state index is 13.6. The third kappa shape index (κ3) is 5.35. The van der Waals surface area contributed by atoms with E-state index >= 15 is 0 Å². The van der Waals surface area contributed by atoms with Gasteiger partial charge in [-0.3, -0.25) is 9.10 Å². The average molecular weight is 493 g/mol. The van der Waals surface area contributed by atoms with Crippen LogP contribution in [0.5, 0.6) is 5.75 Å². The first-order valence-electron chi connectivity index (χ1n) is 9.61. The van der Waals surface area contributed by atoms with Gasteiger partial charge in [-0.1, -0.05) is 40.9 Å². The maximum atomic E-state index is 13.6. The summed E-state index contributed by atoms with van der Waals surface area (Å²) < 4.78 is 33.4. The van der Waals surface area contributed by atoms with Crippen molar-refractivity contribution in [1.29, 1.82) is 0 Å². The summed E-state index contributed by atoms with van der Waals surface area (Å²) in [6.45, 7) is 3.16. The van der Waals surface area contributed by atoms with Crippen LogP contribution in [0.4, 0.5) is 11.4 Å². The maximum Gasteiger partial charge on any atom is 0.264 e. The molecule has 0 unspecified atom stereocenters. The van der Waals surface area contributed by atoms with Gasteiger partial charge >= 0.3 is 0 Å². The fourth-order valence-corrected chi connectivity index (χ4v) is 4.90. The summed E-state index contributed by atoms with van der Waals surface area (Å²) in [5.74, 6) is -0.270. The first kappa shape index (κ1) is 23.9. The van der Waals surface area contributed by atoms with E-state index in [-0.39, 0.29) is 16.3 Å². The van der Waals surface area contributed by atoms with Gasteiger partial charge < -0.3 is 10.1 Å². The van der Waals surface area contributed by atoms with Gasteiger partial charge in [0.2, 0.25) is 5.91 Å². The van der Waals surface area contributed by atoms with E-state index in [1.807, 2.05) is 6.92 Å². The van der Waals surface area contributed by atoms with Crippen LogP contribution in [0, 0.1) is 13.8 Å². The van der Waals surface area contributed by atoms with Crippen LogP contribution in [0.2, 0.25) is 10.0 Å². The minimum absolute atomic E-state index is 0.0422. The molecule has 1 N–H and O–H groups in total. The van der Waals surface area contributed by atoms with E-state index in [9.17, 15) is 13.2 Å². The summed E-state index contributed by atoms with van der Waals surface area (Å²) in [6, 6.07) is 16.0. The molecule has 9 heteroatoms. The summed E-state index contributed by atoms with van der Waals surface area (Å²) in [5.41, 5.74) is 2.35. The molecule has 0 radical (unpaired) electrons. The molecule has 0 saturated carbocycles. The number of carbonyl (C=O) groups is 1. The first-order chi connectivity index (χ1) is 15.1. The Labute approximate surface area is 197 Å². The number of methoxy groups -OCH3 is 1. The molecule has 1 amide bonds. The van der Waals surface area contributed by atoms with E-state index in [2.05, 4.69) is 5.32 Å². The van der Waals surface area contributed by atoms with E-state index in [1.165, 1.54) is 25.3 Å². The lowest BCUT2D eigenvalue weighted by molar-refractivity contribution is -0.114. The molecular formula is C23H22Cl2N2O4S. The summed E-state index contributed by atoms with van der Waals surface area (Å²) in [7, 11) is -2.69. The number of amides is 1. The molecule has 0 saturated heterocycles. The van der Waals surface area contributed by atoms with Gasteiger partial charge in [0.1, 0.15) is 12.3 Å². The van der Waals surface area contributed by atoms with E-state index in [0.717, 1.165) is 15.4 Å². The molecule has 0 aliphatic carbocycles. The molecule has 3 rings (SSSR count). The third-order valence-corrected chi connectivity index (χ3v) is 7.01. The smallest absolute Gasteiger partial charge is 0.264 e. The molecule has 0 spiro atoms. The largest absolute Gasteiger partial charge is 0.495 e. The van der Waals surface area contributed by atoms with Crippen molar-refractivity contribution < 1.29 is 17.9 Å². The zero-order valence-corrected chi connectivity index (χ0v) is 20.1. The van der Waals surface area contributed by atoms with Crippen molar-refractivity contribution >= 4 is 50.5 Å². The Hall–Kier alpha value is -2.74. The minimum atomic E-state index is -4.11. The monoisotopic (exact) mass is 492 g/mol. The zero-order chi connectivity index (χ0) is 23.5. The number of ether oxygens (including phenoxy) is 1. The van der Waals surface area contributed by atoms with Gasteiger partial charge in [0.05, 0.1) is 17.7 Å². The van der Waals surface area contributed by atoms with Crippen LogP contribution in [-0.4, -0.2) is 28.0 Å². The Balaban J connectivity index is 2.03. The molecule has 0 heterocycles. The number of anilines is 2. The second kappa shape index (κ2) is 9.81. The molecule has 3 aromatic rings. The van der Waals surface area contributed by atoms with Gasteiger partial charge in [0.25, 0.3) is 10.0 Å². The van der Waals surface area contributed by atoms with Crippen molar-refractivity contribution in [2.75, 3.05) is 23.3 Å². The highest BCUT2D eigenvalue weighted by atomic mass is 35.5. The SMILES string of the molecule is COc1ccc(Cl)cc1N(CC(=O)Nc1ccc(Cl)cc1C)S(=O)(=O)c1ccc(C)cc1. The normalized spacial score (nSPS) is 11.2. The molecule has 32 heavy (non-hydrogen) atoms. The number of aryl methyl sites for hydroxylation is 2. The third-order valence-electron chi connectivity index (χ3n) is 4.77. The van der Waals surface area contributed by atoms with Crippen molar-refractivity contribution in [2.45, 2.75) is 18.7 Å². The standard InChI is InChI=1S/C23H22Cl2N2O4S/c1-15-4-8-19(9-5-15)32(29,30)27(21-13-18(25)7-11-22(21)31-3)14-23(28)26-20-10-6-17(24)12-16(20)2/h4-13H,14H2,1-3H3,(H,26,28). The van der Waals surface area contributed by atoms with E-state index in [4.69, 9.17) is 27.9 Å². The van der Waals surface area contributed by atoms with Crippen LogP contribution >= 0.6 is 23.2 Å². The summed E-state index contributed by atoms with van der Waals surface area (Å²) >= 11 is 12.1. The number of hydrogen-bond donors (Lipinski definition) is 1. The summed E-state index contributed by atoms with van der Waals surface area (Å²) in [6.07, 6.45) is 0. The van der Waals surface area contributed by atoms with Gasteiger partial charge in [0, 0.05) is 15.7 Å². The highest BCUT2D eigenvalue weighted by Crippen LogP contribution is 2.35. The lowest BCUT2D eigenvalue weighted by atomic mass is 10.2. The van der Waals surface area contributed by atoms with Crippen LogP contribution in [0.15, 0.2) is 65.6 Å². The quantitative estimate of drug-likeness (QED) is 0.475. The highest BCUT2D eigenvalue weighted by Gasteiger charge is 2.30. The van der Waals surface area contributed by atoms with Gasteiger partial charge in [0.15, 0.2) is 0 Å². The van der Waals surface area contributed by atoms with Crippen LogP contribution < -0.4 is 14.4 Å². The van der Waals surface area contributed by atoms with E-state index in [1.54, 1.807) is 49.4 Å². The molecule has 6 nitrogen and oxygen atoms in total. The van der Waals surface area contributed by atoms with Gasteiger partial charge in [-0.25, -0.2) is 8.42 Å². The molecule has 0 bridgehead atoms. The lowest BCUT2D eigenvalue weighted by Crippen LogP contribution is -2.38. The topological polar surface area (TPSA) is 75.7 Å². The molecule has 0 aliphatic rings. The number of benzene rings is 3. The molecule has 0 atom stereocenters. The second-order valence-corrected chi connectivity index (χ2v) is 9.88. The zero-order valence-electron chi connectivity index (χ0n) is 17.7. The number of sulfonamides is 1. The molecule has 0 fully saturated rings. The predicted octanol–water partition coefficient (Wildman–Crippen LogP) is 5.45. The van der Waals surface area contributed by atoms with Gasteiger partial charge in [-0.2, -0.15) is 0 Å². The summed E-state index contributed by atoms with van der Waals surface area (Å²) in [4.78, 5) is 13.0. The Kier molecular flexibility index (Phi) is 7.33. The number of nitrogens with one attached hydrogen (secondary N) is 1. The molecule has 168 valence electrons. The number of hydrogen-bond acceptors (Lipinski definition) is 4. The first-order valence-corrected chi connectivity index (χ1v) is 11.8. The van der Waals surface area contributed by atoms with Crippen LogP contribution in [-0.2, 0) is 14.8 Å². The average Bonchev–Trinajstić information content (AvgIpc) is 2.74. The molecule has 0 aliphatic heterocycles. The van der Waals surface area contributed by atoms with Crippen molar-refractivity contribution in [2.24, 2.45) is 0 Å². The predicted molar refractivity (Wildman–Crippen MR) is 129 cm³/mol. The van der Waals surface area contributed by atoms with Crippen molar-refractivity contribution in [3.05, 3.63) is 81.8 Å². The Morgan fingerprint density at radius 3 is 2.22 bits per heavy atom. The van der Waals surface area contributed by atoms with E-state index in [0.29, 0.717) is 15.7 Å². The molecule has 3 aromatic carbocycles. The number of rotatable bonds is 7. The van der Waals surface area contributed by atoms with Crippen molar-refractivity contribution in [1.82, 2.24) is 0 Å².